The highest BCUT2D eigenvalue weighted by Crippen LogP contribution is 2.31. The molecule has 0 bridgehead atoms. The van der Waals surface area contributed by atoms with E-state index < -0.39 is 0 Å². The van der Waals surface area contributed by atoms with Gasteiger partial charge in [-0.2, -0.15) is 0 Å². The topological polar surface area (TPSA) is 44.8 Å². The maximum Gasteiger partial charge on any atom is 0.339 e. The largest absolute Gasteiger partial charge is 0.468 e. The van der Waals surface area contributed by atoms with E-state index in [0.29, 0.717) is 18.6 Å². The van der Waals surface area contributed by atoms with E-state index in [1.807, 2.05) is 68.4 Å². The van der Waals surface area contributed by atoms with Crippen LogP contribution in [0.25, 0.3) is 11.1 Å². The zero-order valence-corrected chi connectivity index (χ0v) is 15.0. The Labute approximate surface area is 149 Å². The maximum absolute atomic E-state index is 12.6. The Morgan fingerprint density at radius 1 is 0.920 bits per heavy atom. The summed E-state index contributed by atoms with van der Waals surface area (Å²) in [5.41, 5.74) is 3.38. The molecule has 0 aliphatic heterocycles. The molecule has 0 N–H and O–H groups in total. The van der Waals surface area contributed by atoms with Gasteiger partial charge in [0, 0.05) is 7.11 Å². The SMILES string of the molecule is CCOC(=O)/C(=C(\CC)c1ccc(OCOC)cc1)c1ccccc1. The molecule has 132 valence electrons. The van der Waals surface area contributed by atoms with Gasteiger partial charge in [0.2, 0.25) is 0 Å². The molecule has 0 saturated carbocycles. The molecule has 25 heavy (non-hydrogen) atoms. The first kappa shape index (κ1) is 18.7. The van der Waals surface area contributed by atoms with Gasteiger partial charge in [0.15, 0.2) is 6.79 Å². The van der Waals surface area contributed by atoms with Crippen molar-refractivity contribution < 1.29 is 19.0 Å². The van der Waals surface area contributed by atoms with Gasteiger partial charge in [-0.3, -0.25) is 0 Å². The van der Waals surface area contributed by atoms with Crippen LogP contribution in [0.3, 0.4) is 0 Å². The number of carbonyl (C=O) groups excluding carboxylic acids is 1. The highest BCUT2D eigenvalue weighted by molar-refractivity contribution is 6.24. The first-order valence-electron chi connectivity index (χ1n) is 8.39. The molecule has 2 aromatic carbocycles. The summed E-state index contributed by atoms with van der Waals surface area (Å²) in [6.45, 7) is 4.39. The molecule has 0 aliphatic carbocycles. The molecule has 0 amide bonds. The number of benzene rings is 2. The van der Waals surface area contributed by atoms with Gasteiger partial charge in [-0.25, -0.2) is 4.79 Å². The van der Waals surface area contributed by atoms with Crippen molar-refractivity contribution in [1.29, 1.82) is 0 Å². The molecule has 4 nitrogen and oxygen atoms in total. The minimum atomic E-state index is -0.301. The summed E-state index contributed by atoms with van der Waals surface area (Å²) < 4.78 is 15.6. The lowest BCUT2D eigenvalue weighted by atomic mass is 9.93. The van der Waals surface area contributed by atoms with E-state index in [1.54, 1.807) is 7.11 Å². The number of rotatable bonds is 8. The summed E-state index contributed by atoms with van der Waals surface area (Å²) in [5.74, 6) is 0.420. The lowest BCUT2D eigenvalue weighted by Gasteiger charge is -2.15. The molecule has 0 saturated heterocycles. The van der Waals surface area contributed by atoms with Gasteiger partial charge in [-0.15, -0.1) is 0 Å². The van der Waals surface area contributed by atoms with Crippen molar-refractivity contribution in [2.45, 2.75) is 20.3 Å². The van der Waals surface area contributed by atoms with Crippen LogP contribution in [0.5, 0.6) is 5.75 Å². The maximum atomic E-state index is 12.6. The number of esters is 1. The molecule has 0 spiro atoms. The third-order valence-corrected chi connectivity index (χ3v) is 3.74. The summed E-state index contributed by atoms with van der Waals surface area (Å²) in [6.07, 6.45) is 0.710. The van der Waals surface area contributed by atoms with Crippen LogP contribution in [-0.2, 0) is 14.3 Å². The molecule has 2 aromatic rings. The quantitative estimate of drug-likeness (QED) is 0.306. The number of carbonyl (C=O) groups is 1. The second-order valence-corrected chi connectivity index (χ2v) is 5.37. The van der Waals surface area contributed by atoms with Crippen molar-refractivity contribution in [1.82, 2.24) is 0 Å². The Bertz CT molecular complexity index is 702. The van der Waals surface area contributed by atoms with Crippen LogP contribution >= 0.6 is 0 Å². The zero-order chi connectivity index (χ0) is 18.1. The van der Waals surface area contributed by atoms with Crippen molar-refractivity contribution in [3.63, 3.8) is 0 Å². The number of methoxy groups -OCH3 is 1. The molecule has 0 radical (unpaired) electrons. The van der Waals surface area contributed by atoms with Crippen LogP contribution in [0.15, 0.2) is 54.6 Å². The molecule has 0 unspecified atom stereocenters. The fourth-order valence-electron chi connectivity index (χ4n) is 2.63. The molecule has 0 fully saturated rings. The third-order valence-electron chi connectivity index (χ3n) is 3.74. The molecule has 0 heterocycles. The molecular weight excluding hydrogens is 316 g/mol. The van der Waals surface area contributed by atoms with E-state index in [1.165, 1.54) is 0 Å². The number of hydrogen-bond donors (Lipinski definition) is 0. The number of allylic oxidation sites excluding steroid dienone is 1. The van der Waals surface area contributed by atoms with Crippen LogP contribution in [0.2, 0.25) is 0 Å². The van der Waals surface area contributed by atoms with E-state index in [-0.39, 0.29) is 12.8 Å². The average molecular weight is 340 g/mol. The first-order valence-corrected chi connectivity index (χ1v) is 8.39. The lowest BCUT2D eigenvalue weighted by Crippen LogP contribution is -2.09. The molecule has 0 atom stereocenters. The molecule has 0 aromatic heterocycles. The zero-order valence-electron chi connectivity index (χ0n) is 15.0. The van der Waals surface area contributed by atoms with Crippen LogP contribution in [-0.4, -0.2) is 26.5 Å². The molecular formula is C21H24O4. The van der Waals surface area contributed by atoms with Gasteiger partial charge in [0.1, 0.15) is 5.75 Å². The van der Waals surface area contributed by atoms with Crippen molar-refractivity contribution in [3.8, 4) is 5.75 Å². The number of ether oxygens (including phenoxy) is 3. The molecule has 4 heteroatoms. The van der Waals surface area contributed by atoms with E-state index in [9.17, 15) is 4.79 Å². The lowest BCUT2D eigenvalue weighted by molar-refractivity contribution is -0.136. The van der Waals surface area contributed by atoms with E-state index >= 15 is 0 Å². The van der Waals surface area contributed by atoms with E-state index in [4.69, 9.17) is 14.2 Å². The van der Waals surface area contributed by atoms with Crippen LogP contribution in [0, 0.1) is 0 Å². The van der Waals surface area contributed by atoms with E-state index in [2.05, 4.69) is 0 Å². The standard InChI is InChI=1S/C21H24O4/c1-4-19(16-11-13-18(14-12-16)25-15-23-3)20(21(22)24-5-2)17-9-7-6-8-10-17/h6-14H,4-5,15H2,1-3H3/b20-19+. The van der Waals surface area contributed by atoms with Gasteiger partial charge in [0.25, 0.3) is 0 Å². The van der Waals surface area contributed by atoms with Crippen LogP contribution in [0.4, 0.5) is 0 Å². The number of hydrogen-bond acceptors (Lipinski definition) is 4. The predicted octanol–water partition coefficient (Wildman–Crippen LogP) is 4.55. The summed E-state index contributed by atoms with van der Waals surface area (Å²) in [4.78, 5) is 12.6. The fourth-order valence-corrected chi connectivity index (χ4v) is 2.63. The van der Waals surface area contributed by atoms with Gasteiger partial charge in [-0.05, 0) is 42.2 Å². The van der Waals surface area contributed by atoms with Crippen molar-refractivity contribution in [2.75, 3.05) is 20.5 Å². The highest BCUT2D eigenvalue weighted by atomic mass is 16.7. The smallest absolute Gasteiger partial charge is 0.339 e. The van der Waals surface area contributed by atoms with Gasteiger partial charge in [-0.1, -0.05) is 49.4 Å². The van der Waals surface area contributed by atoms with Gasteiger partial charge < -0.3 is 14.2 Å². The van der Waals surface area contributed by atoms with Gasteiger partial charge >= 0.3 is 5.97 Å². The summed E-state index contributed by atoms with van der Waals surface area (Å²) >= 11 is 0. The van der Waals surface area contributed by atoms with Crippen molar-refractivity contribution in [2.24, 2.45) is 0 Å². The van der Waals surface area contributed by atoms with Crippen LogP contribution < -0.4 is 4.74 Å². The van der Waals surface area contributed by atoms with Crippen molar-refractivity contribution in [3.05, 3.63) is 65.7 Å². The Morgan fingerprint density at radius 2 is 1.60 bits per heavy atom. The monoisotopic (exact) mass is 340 g/mol. The second kappa shape index (κ2) is 9.64. The normalized spacial score (nSPS) is 11.6. The Balaban J connectivity index is 2.47. The average Bonchev–Trinajstić information content (AvgIpc) is 2.65. The summed E-state index contributed by atoms with van der Waals surface area (Å²) in [5, 5.41) is 0. The predicted molar refractivity (Wildman–Crippen MR) is 99.1 cm³/mol. The summed E-state index contributed by atoms with van der Waals surface area (Å²) in [6, 6.07) is 17.3. The molecule has 0 aliphatic rings. The Morgan fingerprint density at radius 3 is 2.16 bits per heavy atom. The minimum Gasteiger partial charge on any atom is -0.468 e. The third kappa shape index (κ3) is 4.94. The van der Waals surface area contributed by atoms with Crippen LogP contribution in [0.1, 0.15) is 31.4 Å². The van der Waals surface area contributed by atoms with Crippen molar-refractivity contribution >= 4 is 17.1 Å². The highest BCUT2D eigenvalue weighted by Gasteiger charge is 2.19. The van der Waals surface area contributed by atoms with E-state index in [0.717, 1.165) is 22.4 Å². The Kier molecular flexibility index (Phi) is 7.23. The summed E-state index contributed by atoms with van der Waals surface area (Å²) in [7, 11) is 1.58. The first-order chi connectivity index (χ1) is 12.2. The van der Waals surface area contributed by atoms with Gasteiger partial charge in [0.05, 0.1) is 12.2 Å². The fraction of sp³-hybridized carbons (Fsp3) is 0.286. The Hall–Kier alpha value is -2.59. The second-order valence-electron chi connectivity index (χ2n) is 5.37. The minimum absolute atomic E-state index is 0.202. The molecule has 2 rings (SSSR count).